The Balaban J connectivity index is 1.93. The van der Waals surface area contributed by atoms with Gasteiger partial charge in [-0.15, -0.1) is 0 Å². The maximum absolute atomic E-state index is 4.30. The van der Waals surface area contributed by atoms with Gasteiger partial charge in [0, 0.05) is 19.6 Å². The van der Waals surface area contributed by atoms with Crippen molar-refractivity contribution in [3.63, 3.8) is 0 Å². The summed E-state index contributed by atoms with van der Waals surface area (Å²) in [5.41, 5.74) is 3.54. The third-order valence-electron chi connectivity index (χ3n) is 4.63. The Hall–Kier alpha value is -1.08. The smallest absolute Gasteiger partial charge is 0.0234 e. The van der Waals surface area contributed by atoms with Gasteiger partial charge in [0.05, 0.1) is 0 Å². The highest BCUT2D eigenvalue weighted by Gasteiger charge is 2.39. The Bertz CT molecular complexity index is 427. The van der Waals surface area contributed by atoms with Crippen LogP contribution in [0.5, 0.6) is 0 Å². The van der Waals surface area contributed by atoms with E-state index in [9.17, 15) is 0 Å². The Morgan fingerprint density at radius 2 is 1.80 bits per heavy atom. The largest absolute Gasteiger partial charge is 0.299 e. The van der Waals surface area contributed by atoms with Crippen molar-refractivity contribution in [1.82, 2.24) is 4.90 Å². The molecular weight excluding hydrogens is 242 g/mol. The number of hydrogen-bond donors (Lipinski definition) is 0. The van der Waals surface area contributed by atoms with Gasteiger partial charge in [0.25, 0.3) is 0 Å². The van der Waals surface area contributed by atoms with Crippen LogP contribution in [0.1, 0.15) is 33.6 Å². The van der Waals surface area contributed by atoms with Crippen LogP contribution in [0.25, 0.3) is 0 Å². The van der Waals surface area contributed by atoms with Gasteiger partial charge in [0.2, 0.25) is 0 Å². The molecule has 0 aromatic carbocycles. The molecule has 2 unspecified atom stereocenters. The van der Waals surface area contributed by atoms with Gasteiger partial charge < -0.3 is 0 Å². The average molecular weight is 271 g/mol. The lowest BCUT2D eigenvalue weighted by atomic mass is 10.0. The van der Waals surface area contributed by atoms with Crippen LogP contribution in [0.4, 0.5) is 0 Å². The molecule has 1 heterocycles. The SMILES string of the molecule is C=C(C)/C=C(\C=C/C)C(=C)CN1CC2CC(C)CC2C1. The van der Waals surface area contributed by atoms with E-state index >= 15 is 0 Å². The highest BCUT2D eigenvalue weighted by atomic mass is 15.2. The summed E-state index contributed by atoms with van der Waals surface area (Å²) in [6.45, 7) is 18.3. The first-order valence-electron chi connectivity index (χ1n) is 7.90. The number of hydrogen-bond acceptors (Lipinski definition) is 1. The lowest BCUT2D eigenvalue weighted by Gasteiger charge is -2.20. The van der Waals surface area contributed by atoms with Crippen LogP contribution >= 0.6 is 0 Å². The lowest BCUT2D eigenvalue weighted by molar-refractivity contribution is 0.325. The van der Waals surface area contributed by atoms with Crippen molar-refractivity contribution >= 4 is 0 Å². The fourth-order valence-electron chi connectivity index (χ4n) is 3.90. The standard InChI is InChI=1S/C19H29N/c1-6-7-17(8-14(2)3)16(5)11-20-12-18-9-15(4)10-19(18)13-20/h6-8,15,18-19H,2,5,9-13H2,1,3-4H3/b7-6-,17-8+. The first kappa shape index (κ1) is 15.3. The number of nitrogens with zero attached hydrogens (tertiary/aromatic N) is 1. The minimum Gasteiger partial charge on any atom is -0.299 e. The zero-order valence-corrected chi connectivity index (χ0v) is 13.4. The van der Waals surface area contributed by atoms with E-state index in [0.29, 0.717) is 0 Å². The molecule has 1 aliphatic heterocycles. The second-order valence-corrected chi connectivity index (χ2v) is 6.84. The maximum atomic E-state index is 4.30. The fraction of sp³-hybridized carbons (Fsp3) is 0.579. The van der Waals surface area contributed by atoms with Gasteiger partial charge >= 0.3 is 0 Å². The second kappa shape index (κ2) is 6.58. The summed E-state index contributed by atoms with van der Waals surface area (Å²) in [6, 6.07) is 0. The third-order valence-corrected chi connectivity index (χ3v) is 4.63. The normalized spacial score (nSPS) is 30.9. The average Bonchev–Trinajstić information content (AvgIpc) is 2.84. The molecule has 1 saturated heterocycles. The first-order chi connectivity index (χ1) is 9.49. The molecule has 110 valence electrons. The molecule has 1 nitrogen and oxygen atoms in total. The Labute approximate surface area is 124 Å². The Morgan fingerprint density at radius 1 is 1.20 bits per heavy atom. The van der Waals surface area contributed by atoms with E-state index in [1.165, 1.54) is 37.1 Å². The molecule has 0 N–H and O–H groups in total. The van der Waals surface area contributed by atoms with Crippen LogP contribution in [-0.4, -0.2) is 24.5 Å². The summed E-state index contributed by atoms with van der Waals surface area (Å²) in [7, 11) is 0. The van der Waals surface area contributed by atoms with Crippen LogP contribution in [0.15, 0.2) is 48.1 Å². The van der Waals surface area contributed by atoms with Crippen molar-refractivity contribution in [1.29, 1.82) is 0 Å². The van der Waals surface area contributed by atoms with Crippen molar-refractivity contribution in [2.24, 2.45) is 17.8 Å². The summed E-state index contributed by atoms with van der Waals surface area (Å²) in [5, 5.41) is 0. The molecular formula is C19H29N. The van der Waals surface area contributed by atoms with Gasteiger partial charge in [-0.05, 0) is 55.6 Å². The zero-order chi connectivity index (χ0) is 14.7. The van der Waals surface area contributed by atoms with Crippen molar-refractivity contribution in [3.05, 3.63) is 48.1 Å². The molecule has 1 heteroatoms. The minimum absolute atomic E-state index is 0.938. The van der Waals surface area contributed by atoms with Crippen LogP contribution in [0, 0.1) is 17.8 Å². The van der Waals surface area contributed by atoms with Gasteiger partial charge in [-0.3, -0.25) is 4.90 Å². The lowest BCUT2D eigenvalue weighted by Crippen LogP contribution is -2.25. The van der Waals surface area contributed by atoms with E-state index in [0.717, 1.165) is 29.9 Å². The number of likely N-dealkylation sites (tertiary alicyclic amines) is 1. The van der Waals surface area contributed by atoms with Crippen molar-refractivity contribution in [3.8, 4) is 0 Å². The van der Waals surface area contributed by atoms with Crippen LogP contribution in [0.2, 0.25) is 0 Å². The molecule has 2 atom stereocenters. The molecule has 2 rings (SSSR count). The molecule has 0 radical (unpaired) electrons. The van der Waals surface area contributed by atoms with E-state index in [4.69, 9.17) is 0 Å². The summed E-state index contributed by atoms with van der Waals surface area (Å²) >= 11 is 0. The van der Waals surface area contributed by atoms with E-state index in [-0.39, 0.29) is 0 Å². The first-order valence-corrected chi connectivity index (χ1v) is 7.90. The molecule has 0 aromatic rings. The number of fused-ring (bicyclic) bond motifs is 1. The van der Waals surface area contributed by atoms with Gasteiger partial charge in [0.1, 0.15) is 0 Å². The van der Waals surface area contributed by atoms with Crippen LogP contribution in [-0.2, 0) is 0 Å². The van der Waals surface area contributed by atoms with E-state index in [1.807, 2.05) is 6.92 Å². The molecule has 0 spiro atoms. The van der Waals surface area contributed by atoms with E-state index < -0.39 is 0 Å². The predicted octanol–water partition coefficient (Wildman–Crippen LogP) is 4.60. The third kappa shape index (κ3) is 3.73. The number of allylic oxidation sites excluding steroid dienone is 4. The number of rotatable bonds is 5. The molecule has 0 bridgehead atoms. The van der Waals surface area contributed by atoms with E-state index in [1.54, 1.807) is 0 Å². The van der Waals surface area contributed by atoms with Crippen molar-refractivity contribution in [2.75, 3.05) is 19.6 Å². The topological polar surface area (TPSA) is 3.24 Å². The quantitative estimate of drug-likeness (QED) is 0.661. The highest BCUT2D eigenvalue weighted by Crippen LogP contribution is 2.41. The molecule has 0 amide bonds. The van der Waals surface area contributed by atoms with Crippen LogP contribution in [0.3, 0.4) is 0 Å². The predicted molar refractivity (Wildman–Crippen MR) is 88.7 cm³/mol. The second-order valence-electron chi connectivity index (χ2n) is 6.84. The Kier molecular flexibility index (Phi) is 5.04. The maximum Gasteiger partial charge on any atom is 0.0234 e. The molecule has 1 saturated carbocycles. The summed E-state index contributed by atoms with van der Waals surface area (Å²) in [4.78, 5) is 2.60. The molecule has 1 aliphatic carbocycles. The highest BCUT2D eigenvalue weighted by molar-refractivity contribution is 5.42. The summed E-state index contributed by atoms with van der Waals surface area (Å²) in [5.74, 6) is 2.82. The van der Waals surface area contributed by atoms with Crippen molar-refractivity contribution < 1.29 is 0 Å². The van der Waals surface area contributed by atoms with Gasteiger partial charge in [-0.25, -0.2) is 0 Å². The van der Waals surface area contributed by atoms with Crippen LogP contribution < -0.4 is 0 Å². The van der Waals surface area contributed by atoms with Crippen molar-refractivity contribution in [2.45, 2.75) is 33.6 Å². The van der Waals surface area contributed by atoms with Gasteiger partial charge in [-0.2, -0.15) is 0 Å². The molecule has 2 aliphatic rings. The van der Waals surface area contributed by atoms with Gasteiger partial charge in [0.15, 0.2) is 0 Å². The van der Waals surface area contributed by atoms with E-state index in [2.05, 4.69) is 50.1 Å². The Morgan fingerprint density at radius 3 is 2.30 bits per heavy atom. The zero-order valence-electron chi connectivity index (χ0n) is 13.4. The fourth-order valence-corrected chi connectivity index (χ4v) is 3.90. The summed E-state index contributed by atoms with van der Waals surface area (Å²) < 4.78 is 0. The molecule has 20 heavy (non-hydrogen) atoms. The molecule has 0 aromatic heterocycles. The minimum atomic E-state index is 0.938. The summed E-state index contributed by atoms with van der Waals surface area (Å²) in [6.07, 6.45) is 9.23. The van der Waals surface area contributed by atoms with Gasteiger partial charge in [-0.1, -0.05) is 43.9 Å². The molecule has 2 fully saturated rings. The monoisotopic (exact) mass is 271 g/mol.